The van der Waals surface area contributed by atoms with Crippen molar-refractivity contribution in [3.63, 3.8) is 0 Å². The summed E-state index contributed by atoms with van der Waals surface area (Å²) in [5.74, 6) is -0.0252. The Labute approximate surface area is 219 Å². The lowest BCUT2D eigenvalue weighted by Gasteiger charge is -2.32. The maximum absolute atomic E-state index is 13.3. The molecule has 0 aliphatic carbocycles. The summed E-state index contributed by atoms with van der Waals surface area (Å²) in [6.45, 7) is 8.26. The molecule has 0 fully saturated rings. The van der Waals surface area contributed by atoms with Crippen molar-refractivity contribution in [3.05, 3.63) is 119 Å². The maximum Gasteiger partial charge on any atom is 0.416 e. The Morgan fingerprint density at radius 1 is 0.605 bits per heavy atom. The van der Waals surface area contributed by atoms with Crippen LogP contribution in [0.5, 0.6) is 5.75 Å². The van der Waals surface area contributed by atoms with E-state index in [0.29, 0.717) is 16.8 Å². The standard InChI is InChI=1S/C31H28F3N3O/c1-29(2,20-11-7-5-8-12-20)23-17-24(30(3,4)21-13-9-6-10-14-21)28(38)27(19-23)37-35-25-16-15-22(31(32,33)34)18-26(25)36-37/h5-19,38H,1-4H3. The molecule has 0 atom stereocenters. The van der Waals surface area contributed by atoms with Crippen molar-refractivity contribution in [3.8, 4) is 11.4 Å². The van der Waals surface area contributed by atoms with Crippen LogP contribution in [0.3, 0.4) is 0 Å². The molecular weight excluding hydrogens is 487 g/mol. The molecule has 5 aromatic rings. The summed E-state index contributed by atoms with van der Waals surface area (Å²) in [5, 5.41) is 20.4. The van der Waals surface area contributed by atoms with Gasteiger partial charge in [0.2, 0.25) is 0 Å². The van der Waals surface area contributed by atoms with Gasteiger partial charge in [0.25, 0.3) is 0 Å². The van der Waals surface area contributed by atoms with Crippen LogP contribution in [0.2, 0.25) is 0 Å². The van der Waals surface area contributed by atoms with Gasteiger partial charge in [-0.25, -0.2) is 0 Å². The largest absolute Gasteiger partial charge is 0.505 e. The van der Waals surface area contributed by atoms with Crippen molar-refractivity contribution in [2.45, 2.75) is 44.7 Å². The van der Waals surface area contributed by atoms with E-state index < -0.39 is 22.6 Å². The molecule has 7 heteroatoms. The highest BCUT2D eigenvalue weighted by atomic mass is 19.4. The summed E-state index contributed by atoms with van der Waals surface area (Å²) in [4.78, 5) is 1.23. The number of aromatic hydroxyl groups is 1. The third-order valence-electron chi connectivity index (χ3n) is 7.40. The van der Waals surface area contributed by atoms with Crippen LogP contribution in [0.1, 0.15) is 55.5 Å². The van der Waals surface area contributed by atoms with E-state index in [2.05, 4.69) is 24.0 Å². The Bertz CT molecular complexity index is 1600. The average molecular weight is 516 g/mol. The van der Waals surface area contributed by atoms with E-state index in [4.69, 9.17) is 0 Å². The molecule has 1 aromatic heterocycles. The number of phenols is 1. The SMILES string of the molecule is CC(C)(c1ccccc1)c1cc(-n2nc3ccc(C(F)(F)F)cc3n2)c(O)c(C(C)(C)c2ccccc2)c1. The number of hydrogen-bond donors (Lipinski definition) is 1. The molecule has 0 spiro atoms. The second kappa shape index (κ2) is 9.01. The quantitative estimate of drug-likeness (QED) is 0.260. The molecule has 0 saturated carbocycles. The summed E-state index contributed by atoms with van der Waals surface area (Å²) in [7, 11) is 0. The molecule has 4 nitrogen and oxygen atoms in total. The van der Waals surface area contributed by atoms with Crippen molar-refractivity contribution in [2.75, 3.05) is 0 Å². The summed E-state index contributed by atoms with van der Waals surface area (Å²) in [5.41, 5.74) is 2.50. The molecule has 1 heterocycles. The van der Waals surface area contributed by atoms with Crippen LogP contribution < -0.4 is 0 Å². The highest BCUT2D eigenvalue weighted by Crippen LogP contribution is 2.44. The second-order valence-electron chi connectivity index (χ2n) is 10.6. The van der Waals surface area contributed by atoms with Crippen LogP contribution in [0.15, 0.2) is 91.0 Å². The lowest BCUT2D eigenvalue weighted by atomic mass is 9.72. The lowest BCUT2D eigenvalue weighted by molar-refractivity contribution is -0.137. The van der Waals surface area contributed by atoms with Gasteiger partial charge in [0.05, 0.1) is 5.56 Å². The fourth-order valence-electron chi connectivity index (χ4n) is 4.84. The topological polar surface area (TPSA) is 50.9 Å². The van der Waals surface area contributed by atoms with Crippen LogP contribution in [-0.2, 0) is 17.0 Å². The number of benzene rings is 4. The molecule has 5 rings (SSSR count). The van der Waals surface area contributed by atoms with E-state index in [9.17, 15) is 18.3 Å². The van der Waals surface area contributed by atoms with Crippen LogP contribution in [0, 0.1) is 0 Å². The van der Waals surface area contributed by atoms with Gasteiger partial charge in [0, 0.05) is 16.4 Å². The number of fused-ring (bicyclic) bond motifs is 1. The molecule has 0 aliphatic rings. The van der Waals surface area contributed by atoms with Gasteiger partial charge >= 0.3 is 6.18 Å². The monoisotopic (exact) mass is 515 g/mol. The minimum atomic E-state index is -4.49. The third kappa shape index (κ3) is 4.42. The minimum absolute atomic E-state index is 0.0252. The molecule has 0 radical (unpaired) electrons. The molecule has 0 unspecified atom stereocenters. The molecule has 0 amide bonds. The first-order chi connectivity index (χ1) is 17.9. The van der Waals surface area contributed by atoms with E-state index in [1.54, 1.807) is 0 Å². The van der Waals surface area contributed by atoms with Gasteiger partial charge in [-0.15, -0.1) is 15.0 Å². The van der Waals surface area contributed by atoms with Gasteiger partial charge in [-0.05, 0) is 41.0 Å². The van der Waals surface area contributed by atoms with Crippen molar-refractivity contribution >= 4 is 11.0 Å². The maximum atomic E-state index is 13.3. The predicted molar refractivity (Wildman–Crippen MR) is 143 cm³/mol. The molecular formula is C31H28F3N3O. The van der Waals surface area contributed by atoms with E-state index in [1.807, 2.05) is 86.6 Å². The van der Waals surface area contributed by atoms with Gasteiger partial charge in [-0.1, -0.05) is 94.4 Å². The van der Waals surface area contributed by atoms with Gasteiger partial charge in [-0.2, -0.15) is 13.2 Å². The Balaban J connectivity index is 1.75. The van der Waals surface area contributed by atoms with Crippen molar-refractivity contribution < 1.29 is 18.3 Å². The number of rotatable bonds is 5. The number of nitrogens with zero attached hydrogens (tertiary/aromatic N) is 3. The lowest BCUT2D eigenvalue weighted by Crippen LogP contribution is -2.24. The molecule has 4 aromatic carbocycles. The molecule has 194 valence electrons. The zero-order valence-electron chi connectivity index (χ0n) is 21.6. The van der Waals surface area contributed by atoms with E-state index in [0.717, 1.165) is 28.8 Å². The number of halogens is 3. The van der Waals surface area contributed by atoms with Crippen LogP contribution in [0.25, 0.3) is 16.7 Å². The van der Waals surface area contributed by atoms with E-state index in [-0.39, 0.29) is 11.3 Å². The van der Waals surface area contributed by atoms with Crippen LogP contribution in [0.4, 0.5) is 13.2 Å². The number of aromatic nitrogens is 3. The van der Waals surface area contributed by atoms with E-state index >= 15 is 0 Å². The number of hydrogen-bond acceptors (Lipinski definition) is 3. The third-order valence-corrected chi connectivity index (χ3v) is 7.40. The fraction of sp³-hybridized carbons (Fsp3) is 0.226. The van der Waals surface area contributed by atoms with Crippen molar-refractivity contribution in [2.24, 2.45) is 0 Å². The Morgan fingerprint density at radius 2 is 1.16 bits per heavy atom. The predicted octanol–water partition coefficient (Wildman–Crippen LogP) is 7.80. The number of alkyl halides is 3. The minimum Gasteiger partial charge on any atom is -0.505 e. The summed E-state index contributed by atoms with van der Waals surface area (Å²) in [6, 6.07) is 26.9. The zero-order valence-corrected chi connectivity index (χ0v) is 21.6. The van der Waals surface area contributed by atoms with Gasteiger partial charge in [-0.3, -0.25) is 0 Å². The summed E-state index contributed by atoms with van der Waals surface area (Å²) >= 11 is 0. The first kappa shape index (κ1) is 25.5. The van der Waals surface area contributed by atoms with Crippen LogP contribution in [-0.4, -0.2) is 20.1 Å². The van der Waals surface area contributed by atoms with E-state index in [1.165, 1.54) is 10.9 Å². The fourth-order valence-corrected chi connectivity index (χ4v) is 4.84. The summed E-state index contributed by atoms with van der Waals surface area (Å²) < 4.78 is 39.9. The van der Waals surface area contributed by atoms with Gasteiger partial charge in [0.1, 0.15) is 22.5 Å². The zero-order chi connectivity index (χ0) is 27.3. The molecule has 0 saturated heterocycles. The number of phenolic OH excluding ortho intramolecular Hbond substituents is 1. The highest BCUT2D eigenvalue weighted by Gasteiger charge is 2.33. The summed E-state index contributed by atoms with van der Waals surface area (Å²) in [6.07, 6.45) is -4.49. The molecule has 0 aliphatic heterocycles. The normalized spacial score (nSPS) is 12.7. The Kier molecular flexibility index (Phi) is 6.05. The van der Waals surface area contributed by atoms with Gasteiger partial charge in [0.15, 0.2) is 0 Å². The first-order valence-electron chi connectivity index (χ1n) is 12.3. The highest BCUT2D eigenvalue weighted by molar-refractivity contribution is 5.75. The average Bonchev–Trinajstić information content (AvgIpc) is 3.32. The molecule has 0 bridgehead atoms. The van der Waals surface area contributed by atoms with Crippen LogP contribution >= 0.6 is 0 Å². The first-order valence-corrected chi connectivity index (χ1v) is 12.3. The second-order valence-corrected chi connectivity index (χ2v) is 10.6. The smallest absolute Gasteiger partial charge is 0.416 e. The molecule has 1 N–H and O–H groups in total. The van der Waals surface area contributed by atoms with Gasteiger partial charge < -0.3 is 5.11 Å². The Morgan fingerprint density at radius 3 is 1.74 bits per heavy atom. The van der Waals surface area contributed by atoms with Crippen molar-refractivity contribution in [1.82, 2.24) is 15.0 Å². The van der Waals surface area contributed by atoms with Crippen molar-refractivity contribution in [1.29, 1.82) is 0 Å². The molecule has 38 heavy (non-hydrogen) atoms. The Hall–Kier alpha value is -4.13.